The van der Waals surface area contributed by atoms with E-state index in [-0.39, 0.29) is 24.6 Å². The fourth-order valence-electron chi connectivity index (χ4n) is 1.17. The molecule has 7 heteroatoms. The highest BCUT2D eigenvalue weighted by Gasteiger charge is 2.26. The normalized spacial score (nSPS) is 22.4. The summed E-state index contributed by atoms with van der Waals surface area (Å²) in [4.78, 5) is 20.8. The van der Waals surface area contributed by atoms with E-state index in [0.29, 0.717) is 0 Å². The summed E-state index contributed by atoms with van der Waals surface area (Å²) in [6.45, 7) is 0. The quantitative estimate of drug-likeness (QED) is 0.443. The van der Waals surface area contributed by atoms with Crippen molar-refractivity contribution in [2.45, 2.75) is 24.9 Å². The van der Waals surface area contributed by atoms with Gasteiger partial charge in [0.05, 0.1) is 6.04 Å². The minimum atomic E-state index is -1.10. The number of hydrogen-bond donors (Lipinski definition) is 4. The molecule has 1 aliphatic heterocycles. The second-order valence-corrected chi connectivity index (χ2v) is 3.07. The van der Waals surface area contributed by atoms with Crippen LogP contribution in [-0.2, 0) is 9.59 Å². The molecule has 0 bridgehead atoms. The van der Waals surface area contributed by atoms with Crippen LogP contribution < -0.4 is 11.2 Å². The number of nitrogens with zero attached hydrogens (tertiary/aromatic N) is 1. The first-order valence-corrected chi connectivity index (χ1v) is 4.04. The summed E-state index contributed by atoms with van der Waals surface area (Å²) in [7, 11) is 0. The molecule has 0 fully saturated rings. The van der Waals surface area contributed by atoms with Gasteiger partial charge in [-0.1, -0.05) is 0 Å². The van der Waals surface area contributed by atoms with Gasteiger partial charge in [0, 0.05) is 6.42 Å². The monoisotopic (exact) mass is 201 g/mol. The molecule has 0 aliphatic carbocycles. The summed E-state index contributed by atoms with van der Waals surface area (Å²) in [5.41, 5.74) is 7.82. The zero-order valence-corrected chi connectivity index (χ0v) is 7.30. The lowest BCUT2D eigenvalue weighted by Crippen LogP contribution is -2.37. The van der Waals surface area contributed by atoms with Gasteiger partial charge in [-0.15, -0.1) is 0 Å². The molecule has 0 aromatic heterocycles. The molecule has 0 spiro atoms. The molecule has 1 heterocycles. The van der Waals surface area contributed by atoms with E-state index in [0.717, 1.165) is 0 Å². The predicted molar refractivity (Wildman–Crippen MR) is 46.8 cm³/mol. The van der Waals surface area contributed by atoms with Crippen molar-refractivity contribution in [3.05, 3.63) is 0 Å². The molecule has 2 atom stereocenters. The number of hydrazone groups is 1. The Hall–Kier alpha value is -1.63. The van der Waals surface area contributed by atoms with Gasteiger partial charge in [-0.2, -0.15) is 5.10 Å². The molecular weight excluding hydrogens is 190 g/mol. The molecule has 0 aromatic carbocycles. The molecule has 14 heavy (non-hydrogen) atoms. The molecule has 78 valence electrons. The van der Waals surface area contributed by atoms with Crippen LogP contribution in [0.5, 0.6) is 0 Å². The number of rotatable bonds is 4. The standard InChI is InChI=1S/C7H11N3O4/c8-4(6(11)12)1-3-2-5(7(13)14)10-9-3/h3-4,9H,1-2,8H2,(H,11,12)(H,13,14)/t3-,4-/m1/s1. The topological polar surface area (TPSA) is 125 Å². The molecule has 0 amide bonds. The highest BCUT2D eigenvalue weighted by molar-refractivity contribution is 6.36. The maximum absolute atomic E-state index is 10.4. The lowest BCUT2D eigenvalue weighted by molar-refractivity contribution is -0.138. The average Bonchev–Trinajstić information content (AvgIpc) is 2.52. The van der Waals surface area contributed by atoms with Gasteiger partial charge >= 0.3 is 11.9 Å². The number of carboxylic acid groups (broad SMARTS) is 2. The summed E-state index contributed by atoms with van der Waals surface area (Å²) >= 11 is 0. The van der Waals surface area contributed by atoms with Gasteiger partial charge in [-0.25, -0.2) is 4.79 Å². The van der Waals surface area contributed by atoms with Gasteiger partial charge < -0.3 is 21.4 Å². The Labute approximate surface area is 79.6 Å². The number of aliphatic carboxylic acids is 2. The van der Waals surface area contributed by atoms with Crippen molar-refractivity contribution >= 4 is 17.7 Å². The van der Waals surface area contributed by atoms with E-state index in [1.54, 1.807) is 0 Å². The number of carboxylic acids is 2. The summed E-state index contributed by atoms with van der Waals surface area (Å²) in [6, 6.07) is -1.29. The van der Waals surface area contributed by atoms with Crippen molar-refractivity contribution in [2.24, 2.45) is 10.8 Å². The summed E-state index contributed by atoms with van der Waals surface area (Å²) in [5.74, 6) is -2.19. The Morgan fingerprint density at radius 2 is 2.29 bits per heavy atom. The first-order valence-electron chi connectivity index (χ1n) is 4.04. The third kappa shape index (κ3) is 2.43. The fraction of sp³-hybridized carbons (Fsp3) is 0.571. The Balaban J connectivity index is 2.39. The summed E-state index contributed by atoms with van der Waals surface area (Å²) in [5, 5.41) is 20.6. The molecule has 0 aromatic rings. The van der Waals surface area contributed by atoms with Gasteiger partial charge in [-0.3, -0.25) is 4.79 Å². The Morgan fingerprint density at radius 1 is 1.64 bits per heavy atom. The minimum absolute atomic E-state index is 0.00703. The van der Waals surface area contributed by atoms with E-state index in [4.69, 9.17) is 15.9 Å². The zero-order chi connectivity index (χ0) is 10.7. The molecule has 1 aliphatic rings. The number of nitrogens with two attached hydrogens (primary N) is 1. The zero-order valence-electron chi connectivity index (χ0n) is 7.30. The van der Waals surface area contributed by atoms with Gasteiger partial charge in [-0.05, 0) is 6.42 Å². The Kier molecular flexibility index (Phi) is 3.03. The number of carbonyl (C=O) groups is 2. The number of nitrogens with one attached hydrogen (secondary N) is 1. The highest BCUT2D eigenvalue weighted by atomic mass is 16.4. The Morgan fingerprint density at radius 3 is 2.71 bits per heavy atom. The van der Waals surface area contributed by atoms with Crippen LogP contribution in [0.2, 0.25) is 0 Å². The highest BCUT2D eigenvalue weighted by Crippen LogP contribution is 2.09. The van der Waals surface area contributed by atoms with E-state index in [1.807, 2.05) is 0 Å². The SMILES string of the molecule is N[C@H](C[C@@H]1CC(C(=O)O)=NN1)C(=O)O. The summed E-state index contributed by atoms with van der Waals surface area (Å²) in [6.07, 6.45) is 0.367. The minimum Gasteiger partial charge on any atom is -0.480 e. The lowest BCUT2D eigenvalue weighted by atomic mass is 10.0. The van der Waals surface area contributed by atoms with E-state index in [2.05, 4.69) is 10.5 Å². The van der Waals surface area contributed by atoms with Crippen LogP contribution in [0.15, 0.2) is 5.10 Å². The van der Waals surface area contributed by atoms with Gasteiger partial charge in [0.1, 0.15) is 11.8 Å². The molecule has 1 rings (SSSR count). The Bertz CT molecular complexity index is 289. The van der Waals surface area contributed by atoms with Crippen LogP contribution in [0.25, 0.3) is 0 Å². The van der Waals surface area contributed by atoms with Crippen LogP contribution in [0.3, 0.4) is 0 Å². The van der Waals surface area contributed by atoms with Crippen molar-refractivity contribution in [3.63, 3.8) is 0 Å². The van der Waals surface area contributed by atoms with Crippen molar-refractivity contribution in [1.29, 1.82) is 0 Å². The van der Waals surface area contributed by atoms with E-state index >= 15 is 0 Å². The molecular formula is C7H11N3O4. The van der Waals surface area contributed by atoms with E-state index < -0.39 is 18.0 Å². The average molecular weight is 201 g/mol. The van der Waals surface area contributed by atoms with Gasteiger partial charge in [0.25, 0.3) is 0 Å². The van der Waals surface area contributed by atoms with Crippen LogP contribution >= 0.6 is 0 Å². The third-order valence-corrected chi connectivity index (χ3v) is 1.92. The van der Waals surface area contributed by atoms with Crippen LogP contribution in [0.4, 0.5) is 0 Å². The summed E-state index contributed by atoms with van der Waals surface area (Å²) < 4.78 is 0. The van der Waals surface area contributed by atoms with Gasteiger partial charge in [0.15, 0.2) is 0 Å². The van der Waals surface area contributed by atoms with Crippen LogP contribution in [0.1, 0.15) is 12.8 Å². The van der Waals surface area contributed by atoms with Crippen molar-refractivity contribution < 1.29 is 19.8 Å². The van der Waals surface area contributed by atoms with Crippen LogP contribution in [0, 0.1) is 0 Å². The van der Waals surface area contributed by atoms with Crippen molar-refractivity contribution in [1.82, 2.24) is 5.43 Å². The lowest BCUT2D eigenvalue weighted by Gasteiger charge is -2.11. The van der Waals surface area contributed by atoms with E-state index in [9.17, 15) is 9.59 Å². The maximum Gasteiger partial charge on any atom is 0.352 e. The van der Waals surface area contributed by atoms with Crippen molar-refractivity contribution in [3.8, 4) is 0 Å². The third-order valence-electron chi connectivity index (χ3n) is 1.92. The van der Waals surface area contributed by atoms with E-state index in [1.165, 1.54) is 0 Å². The first-order chi connectivity index (χ1) is 6.50. The maximum atomic E-state index is 10.4. The smallest absolute Gasteiger partial charge is 0.352 e. The van der Waals surface area contributed by atoms with Crippen LogP contribution in [-0.4, -0.2) is 39.9 Å². The first kappa shape index (κ1) is 10.5. The second-order valence-electron chi connectivity index (χ2n) is 3.07. The van der Waals surface area contributed by atoms with Gasteiger partial charge in [0.2, 0.25) is 0 Å². The molecule has 5 N–H and O–H groups in total. The second kappa shape index (κ2) is 4.05. The van der Waals surface area contributed by atoms with Crippen molar-refractivity contribution in [2.75, 3.05) is 0 Å². The predicted octanol–water partition coefficient (Wildman–Crippen LogP) is -1.41. The molecule has 0 saturated heterocycles. The fourth-order valence-corrected chi connectivity index (χ4v) is 1.17. The largest absolute Gasteiger partial charge is 0.480 e. The molecule has 0 radical (unpaired) electrons. The number of hydrogen-bond acceptors (Lipinski definition) is 5. The molecule has 0 saturated carbocycles. The molecule has 7 nitrogen and oxygen atoms in total. The molecule has 0 unspecified atom stereocenters.